The molecule has 0 fully saturated rings. The van der Waals surface area contributed by atoms with Gasteiger partial charge in [0.2, 0.25) is 0 Å². The molecule has 0 aliphatic rings. The van der Waals surface area contributed by atoms with Gasteiger partial charge in [0.1, 0.15) is 11.5 Å². The van der Waals surface area contributed by atoms with Crippen LogP contribution in [0.5, 0.6) is 11.5 Å². The lowest BCUT2D eigenvalue weighted by Crippen LogP contribution is -1.88. The summed E-state index contributed by atoms with van der Waals surface area (Å²) in [7, 11) is 0. The van der Waals surface area contributed by atoms with E-state index >= 15 is 0 Å². The zero-order chi connectivity index (χ0) is 8.27. The molecule has 1 N–H and O–H groups in total. The van der Waals surface area contributed by atoms with Gasteiger partial charge in [-0.05, 0) is 30.7 Å². The van der Waals surface area contributed by atoms with Crippen LogP contribution < -0.4 is 4.74 Å². The fourth-order valence-corrected chi connectivity index (χ4v) is 0.757. The molecule has 0 aliphatic carbocycles. The Labute approximate surface area is 64.2 Å². The molecule has 0 spiro atoms. The number of benzene rings is 1. The highest BCUT2D eigenvalue weighted by Crippen LogP contribution is 2.21. The molecule has 0 aromatic heterocycles. The maximum Gasteiger partial charge on any atom is 0.298 e. The second-order valence-corrected chi connectivity index (χ2v) is 2.16. The number of rotatable bonds is 2. The number of hydrogen-bond acceptors (Lipinski definition) is 3. The zero-order valence-electron chi connectivity index (χ0n) is 6.07. The lowest BCUT2D eigenvalue weighted by atomic mass is 10.2. The molecule has 3 heteroatoms. The fourth-order valence-electron chi connectivity index (χ4n) is 0.757. The molecule has 1 aromatic rings. The third-order valence-electron chi connectivity index (χ3n) is 1.35. The first-order chi connectivity index (χ1) is 5.24. The van der Waals surface area contributed by atoms with Crippen LogP contribution in [0.3, 0.4) is 0 Å². The SMILES string of the molecule is Cc1cc(OC=O)ccc1O. The molecular formula is C8H8O3. The third-order valence-corrected chi connectivity index (χ3v) is 1.35. The molecule has 58 valence electrons. The van der Waals surface area contributed by atoms with E-state index in [0.717, 1.165) is 0 Å². The van der Waals surface area contributed by atoms with E-state index < -0.39 is 0 Å². The highest BCUT2D eigenvalue weighted by molar-refractivity contribution is 5.47. The minimum atomic E-state index is 0.197. The van der Waals surface area contributed by atoms with E-state index in [9.17, 15) is 4.79 Å². The summed E-state index contributed by atoms with van der Waals surface area (Å²) in [6, 6.07) is 4.59. The molecule has 0 amide bonds. The van der Waals surface area contributed by atoms with Crippen LogP contribution >= 0.6 is 0 Å². The van der Waals surface area contributed by atoms with Gasteiger partial charge in [-0.15, -0.1) is 0 Å². The highest BCUT2D eigenvalue weighted by Gasteiger charge is 1.97. The van der Waals surface area contributed by atoms with Gasteiger partial charge in [0.05, 0.1) is 0 Å². The Morgan fingerprint density at radius 1 is 1.55 bits per heavy atom. The summed E-state index contributed by atoms with van der Waals surface area (Å²) >= 11 is 0. The Balaban J connectivity index is 2.95. The van der Waals surface area contributed by atoms with Gasteiger partial charge in [-0.25, -0.2) is 0 Å². The Morgan fingerprint density at radius 3 is 2.82 bits per heavy atom. The maximum absolute atomic E-state index is 9.89. The minimum absolute atomic E-state index is 0.197. The lowest BCUT2D eigenvalue weighted by molar-refractivity contribution is -0.120. The normalized spacial score (nSPS) is 9.18. The van der Waals surface area contributed by atoms with Crippen LogP contribution in [-0.2, 0) is 4.79 Å². The summed E-state index contributed by atoms with van der Waals surface area (Å²) in [5, 5.41) is 9.07. The number of aryl methyl sites for hydroxylation is 1. The highest BCUT2D eigenvalue weighted by atomic mass is 16.5. The first-order valence-corrected chi connectivity index (χ1v) is 3.14. The molecule has 0 atom stereocenters. The average molecular weight is 152 g/mol. The number of phenolic OH excluding ortho intramolecular Hbond substituents is 1. The van der Waals surface area contributed by atoms with Crippen molar-refractivity contribution in [3.8, 4) is 11.5 Å². The van der Waals surface area contributed by atoms with Gasteiger partial charge in [0, 0.05) is 0 Å². The van der Waals surface area contributed by atoms with Gasteiger partial charge in [-0.2, -0.15) is 0 Å². The molecule has 11 heavy (non-hydrogen) atoms. The smallest absolute Gasteiger partial charge is 0.298 e. The minimum Gasteiger partial charge on any atom is -0.508 e. The second-order valence-electron chi connectivity index (χ2n) is 2.16. The van der Waals surface area contributed by atoms with Crippen molar-refractivity contribution in [2.24, 2.45) is 0 Å². The number of aromatic hydroxyl groups is 1. The van der Waals surface area contributed by atoms with Crippen molar-refractivity contribution in [1.29, 1.82) is 0 Å². The van der Waals surface area contributed by atoms with Gasteiger partial charge in [-0.1, -0.05) is 0 Å². The predicted octanol–water partition coefficient (Wildman–Crippen LogP) is 1.24. The molecule has 0 aliphatic heterocycles. The van der Waals surface area contributed by atoms with Gasteiger partial charge < -0.3 is 9.84 Å². The maximum atomic E-state index is 9.89. The molecule has 0 heterocycles. The zero-order valence-corrected chi connectivity index (χ0v) is 6.07. The van der Waals surface area contributed by atoms with Crippen LogP contribution in [-0.4, -0.2) is 11.6 Å². The van der Waals surface area contributed by atoms with Crippen molar-refractivity contribution < 1.29 is 14.6 Å². The summed E-state index contributed by atoms with van der Waals surface area (Å²) in [6.07, 6.45) is 0. The topological polar surface area (TPSA) is 46.5 Å². The van der Waals surface area contributed by atoms with Gasteiger partial charge in [-0.3, -0.25) is 4.79 Å². The first-order valence-electron chi connectivity index (χ1n) is 3.14. The number of carbonyl (C=O) groups excluding carboxylic acids is 1. The molecule has 0 saturated carbocycles. The van der Waals surface area contributed by atoms with Crippen LogP contribution in [0.4, 0.5) is 0 Å². The van der Waals surface area contributed by atoms with Crippen molar-refractivity contribution >= 4 is 6.47 Å². The van der Waals surface area contributed by atoms with E-state index in [4.69, 9.17) is 5.11 Å². The number of phenols is 1. The van der Waals surface area contributed by atoms with Crippen molar-refractivity contribution in [3.05, 3.63) is 23.8 Å². The Hall–Kier alpha value is -1.51. The average Bonchev–Trinajstić information content (AvgIpc) is 1.98. The number of hydrogen-bond donors (Lipinski definition) is 1. The van der Waals surface area contributed by atoms with E-state index in [1.54, 1.807) is 13.0 Å². The largest absolute Gasteiger partial charge is 0.508 e. The summed E-state index contributed by atoms with van der Waals surface area (Å²) in [4.78, 5) is 9.89. The fraction of sp³-hybridized carbons (Fsp3) is 0.125. The summed E-state index contributed by atoms with van der Waals surface area (Å²) < 4.78 is 4.55. The Kier molecular flexibility index (Phi) is 2.11. The third kappa shape index (κ3) is 1.70. The quantitative estimate of drug-likeness (QED) is 0.648. The molecule has 0 saturated heterocycles. The van der Waals surface area contributed by atoms with Gasteiger partial charge in [0.25, 0.3) is 6.47 Å². The number of carbonyl (C=O) groups is 1. The monoisotopic (exact) mass is 152 g/mol. The van der Waals surface area contributed by atoms with Crippen molar-refractivity contribution in [1.82, 2.24) is 0 Å². The molecule has 1 aromatic carbocycles. The summed E-state index contributed by atoms with van der Waals surface area (Å²) in [5.41, 5.74) is 0.685. The summed E-state index contributed by atoms with van der Waals surface area (Å²) in [5.74, 6) is 0.638. The number of ether oxygens (including phenoxy) is 1. The molecular weight excluding hydrogens is 144 g/mol. The van der Waals surface area contributed by atoms with Gasteiger partial charge >= 0.3 is 0 Å². The van der Waals surface area contributed by atoms with E-state index in [2.05, 4.69) is 4.74 Å². The van der Waals surface area contributed by atoms with Crippen LogP contribution in [0.1, 0.15) is 5.56 Å². The molecule has 0 bridgehead atoms. The van der Waals surface area contributed by atoms with Crippen molar-refractivity contribution in [2.45, 2.75) is 6.92 Å². The van der Waals surface area contributed by atoms with Crippen LogP contribution in [0.2, 0.25) is 0 Å². The molecule has 1 rings (SSSR count). The second kappa shape index (κ2) is 3.05. The molecule has 3 nitrogen and oxygen atoms in total. The van der Waals surface area contributed by atoms with E-state index in [1.165, 1.54) is 12.1 Å². The lowest BCUT2D eigenvalue weighted by Gasteiger charge is -2.00. The predicted molar refractivity (Wildman–Crippen MR) is 39.5 cm³/mol. The van der Waals surface area contributed by atoms with Crippen LogP contribution in [0.25, 0.3) is 0 Å². The van der Waals surface area contributed by atoms with E-state index in [1.807, 2.05) is 0 Å². The van der Waals surface area contributed by atoms with Crippen LogP contribution in [0.15, 0.2) is 18.2 Å². The van der Waals surface area contributed by atoms with Crippen molar-refractivity contribution in [2.75, 3.05) is 0 Å². The van der Waals surface area contributed by atoms with Crippen LogP contribution in [0, 0.1) is 6.92 Å². The standard InChI is InChI=1S/C8H8O3/c1-6-4-7(11-5-9)2-3-8(6)10/h2-5,10H,1H3. The van der Waals surface area contributed by atoms with E-state index in [-0.39, 0.29) is 5.75 Å². The first kappa shape index (κ1) is 7.60. The molecule has 0 radical (unpaired) electrons. The summed E-state index contributed by atoms with van der Waals surface area (Å²) in [6.45, 7) is 2.08. The van der Waals surface area contributed by atoms with Gasteiger partial charge in [0.15, 0.2) is 0 Å². The van der Waals surface area contributed by atoms with Crippen molar-refractivity contribution in [3.63, 3.8) is 0 Å². The van der Waals surface area contributed by atoms with E-state index in [0.29, 0.717) is 17.8 Å². The molecule has 0 unspecified atom stereocenters. The Morgan fingerprint density at radius 2 is 2.27 bits per heavy atom. The Bertz CT molecular complexity index is 268.